The van der Waals surface area contributed by atoms with Crippen molar-refractivity contribution in [3.05, 3.63) is 52.3 Å². The van der Waals surface area contributed by atoms with Gasteiger partial charge in [-0.15, -0.1) is 0 Å². The van der Waals surface area contributed by atoms with Crippen molar-refractivity contribution in [2.24, 2.45) is 7.05 Å². The summed E-state index contributed by atoms with van der Waals surface area (Å²) in [5.41, 5.74) is 6.13. The van der Waals surface area contributed by atoms with Crippen molar-refractivity contribution in [1.29, 1.82) is 0 Å². The van der Waals surface area contributed by atoms with E-state index in [1.54, 1.807) is 0 Å². The Balaban J connectivity index is 1.70. The number of nitrogens with zero attached hydrogens (tertiary/aromatic N) is 2. The highest BCUT2D eigenvalue weighted by atomic mass is 16.2. The van der Waals surface area contributed by atoms with Crippen LogP contribution in [0.4, 0.5) is 4.79 Å². The molecule has 0 aliphatic heterocycles. The number of aryl methyl sites for hydroxylation is 2. The van der Waals surface area contributed by atoms with Gasteiger partial charge in [0.25, 0.3) is 0 Å². The average Bonchev–Trinajstić information content (AvgIpc) is 2.80. The van der Waals surface area contributed by atoms with Crippen LogP contribution in [0.15, 0.2) is 24.3 Å². The van der Waals surface area contributed by atoms with Gasteiger partial charge in [-0.1, -0.05) is 45.0 Å². The second-order valence-electron chi connectivity index (χ2n) is 7.90. The number of carbonyl (C=O) groups is 1. The number of aromatic nitrogens is 2. The summed E-state index contributed by atoms with van der Waals surface area (Å²) in [6.07, 6.45) is 1.63. The maximum atomic E-state index is 11.9. The van der Waals surface area contributed by atoms with Gasteiger partial charge in [0, 0.05) is 25.8 Å². The Bertz CT molecular complexity index is 739. The van der Waals surface area contributed by atoms with Crippen molar-refractivity contribution >= 4 is 6.03 Å². The molecule has 0 atom stereocenters. The third-order valence-electron chi connectivity index (χ3n) is 4.84. The van der Waals surface area contributed by atoms with E-state index < -0.39 is 0 Å². The first-order chi connectivity index (χ1) is 12.2. The maximum Gasteiger partial charge on any atom is 0.314 e. The van der Waals surface area contributed by atoms with Crippen LogP contribution in [0, 0.1) is 13.8 Å². The molecule has 0 aliphatic carbocycles. The molecule has 2 aromatic rings. The van der Waals surface area contributed by atoms with Gasteiger partial charge in [-0.25, -0.2) is 4.79 Å². The Morgan fingerprint density at radius 1 is 1.04 bits per heavy atom. The van der Waals surface area contributed by atoms with E-state index in [9.17, 15) is 4.79 Å². The summed E-state index contributed by atoms with van der Waals surface area (Å²) in [5, 5.41) is 10.2. The van der Waals surface area contributed by atoms with Crippen molar-refractivity contribution in [3.8, 4) is 0 Å². The van der Waals surface area contributed by atoms with Crippen LogP contribution in [0.3, 0.4) is 0 Å². The normalized spacial score (nSPS) is 11.5. The molecule has 26 heavy (non-hydrogen) atoms. The van der Waals surface area contributed by atoms with E-state index in [4.69, 9.17) is 0 Å². The predicted octanol–water partition coefficient (Wildman–Crippen LogP) is 3.42. The highest BCUT2D eigenvalue weighted by molar-refractivity contribution is 5.73. The summed E-state index contributed by atoms with van der Waals surface area (Å²) in [6, 6.07) is 8.53. The lowest BCUT2D eigenvalue weighted by atomic mass is 9.86. The van der Waals surface area contributed by atoms with Crippen LogP contribution in [0.5, 0.6) is 0 Å². The van der Waals surface area contributed by atoms with Crippen LogP contribution in [-0.2, 0) is 25.3 Å². The molecule has 2 rings (SSSR count). The van der Waals surface area contributed by atoms with Gasteiger partial charge in [0.1, 0.15) is 0 Å². The quantitative estimate of drug-likeness (QED) is 0.833. The van der Waals surface area contributed by atoms with E-state index in [-0.39, 0.29) is 11.4 Å². The Kier molecular flexibility index (Phi) is 6.46. The second kappa shape index (κ2) is 8.39. The topological polar surface area (TPSA) is 59.0 Å². The second-order valence-corrected chi connectivity index (χ2v) is 7.90. The summed E-state index contributed by atoms with van der Waals surface area (Å²) in [4.78, 5) is 11.9. The van der Waals surface area contributed by atoms with Gasteiger partial charge >= 0.3 is 6.03 Å². The minimum Gasteiger partial charge on any atom is -0.338 e. The van der Waals surface area contributed by atoms with Gasteiger partial charge in [-0.3, -0.25) is 4.68 Å². The Morgan fingerprint density at radius 3 is 2.12 bits per heavy atom. The van der Waals surface area contributed by atoms with Gasteiger partial charge in [0.15, 0.2) is 0 Å². The molecule has 142 valence electrons. The Hall–Kier alpha value is -2.30. The van der Waals surface area contributed by atoms with E-state index in [0.29, 0.717) is 13.1 Å². The van der Waals surface area contributed by atoms with Crippen molar-refractivity contribution in [2.75, 3.05) is 13.1 Å². The summed E-state index contributed by atoms with van der Waals surface area (Å²) in [7, 11) is 1.94. The number of amides is 2. The van der Waals surface area contributed by atoms with Crippen molar-refractivity contribution < 1.29 is 4.79 Å². The maximum absolute atomic E-state index is 11.9. The highest BCUT2D eigenvalue weighted by Gasteiger charge is 2.13. The van der Waals surface area contributed by atoms with Gasteiger partial charge in [0.2, 0.25) is 0 Å². The predicted molar refractivity (Wildman–Crippen MR) is 107 cm³/mol. The summed E-state index contributed by atoms with van der Waals surface area (Å²) >= 11 is 0. The highest BCUT2D eigenvalue weighted by Crippen LogP contribution is 2.22. The summed E-state index contributed by atoms with van der Waals surface area (Å²) in [6.45, 7) is 11.9. The molecule has 1 heterocycles. The smallest absolute Gasteiger partial charge is 0.314 e. The Labute approximate surface area is 157 Å². The average molecular weight is 357 g/mol. The largest absolute Gasteiger partial charge is 0.338 e. The third-order valence-corrected chi connectivity index (χ3v) is 4.84. The van der Waals surface area contributed by atoms with Crippen molar-refractivity contribution in [3.63, 3.8) is 0 Å². The zero-order valence-corrected chi connectivity index (χ0v) is 16.9. The number of carbonyl (C=O) groups excluding carboxylic acids is 1. The van der Waals surface area contributed by atoms with Crippen molar-refractivity contribution in [2.45, 2.75) is 52.9 Å². The van der Waals surface area contributed by atoms with Gasteiger partial charge in [0.05, 0.1) is 5.69 Å². The van der Waals surface area contributed by atoms with Crippen LogP contribution >= 0.6 is 0 Å². The fraction of sp³-hybridized carbons (Fsp3) is 0.524. The Morgan fingerprint density at radius 2 is 1.62 bits per heavy atom. The first-order valence-electron chi connectivity index (χ1n) is 9.28. The lowest BCUT2D eigenvalue weighted by molar-refractivity contribution is 0.241. The van der Waals surface area contributed by atoms with Gasteiger partial charge in [-0.05, 0) is 48.8 Å². The third kappa shape index (κ3) is 5.35. The number of hydrogen-bond donors (Lipinski definition) is 2. The molecule has 0 fully saturated rings. The molecule has 1 aromatic carbocycles. The van der Waals surface area contributed by atoms with Crippen LogP contribution in [-0.4, -0.2) is 28.9 Å². The number of nitrogens with one attached hydrogen (secondary N) is 2. The summed E-state index contributed by atoms with van der Waals surface area (Å²) in [5.74, 6) is 0. The van der Waals surface area contributed by atoms with Gasteiger partial charge < -0.3 is 10.6 Å². The molecule has 0 spiro atoms. The zero-order chi connectivity index (χ0) is 19.3. The molecule has 2 N–H and O–H groups in total. The molecular formula is C21H32N4O. The monoisotopic (exact) mass is 356 g/mol. The molecule has 0 radical (unpaired) electrons. The minimum absolute atomic E-state index is 0.115. The molecule has 2 amide bonds. The molecule has 1 aromatic heterocycles. The van der Waals surface area contributed by atoms with E-state index in [1.807, 2.05) is 18.7 Å². The molecule has 0 unspecified atom stereocenters. The minimum atomic E-state index is -0.115. The first-order valence-corrected chi connectivity index (χ1v) is 9.28. The number of benzene rings is 1. The standard InChI is InChI=1S/C21H32N4O/c1-15-19(16(2)25(6)24-15)12-14-23-20(26)22-13-11-17-7-9-18(10-8-17)21(3,4)5/h7-10H,11-14H2,1-6H3,(H2,22,23,26). The molecule has 5 nitrogen and oxygen atoms in total. The van der Waals surface area contributed by atoms with E-state index >= 15 is 0 Å². The fourth-order valence-electron chi connectivity index (χ4n) is 3.03. The van der Waals surface area contributed by atoms with Crippen LogP contribution in [0.25, 0.3) is 0 Å². The molecule has 0 saturated heterocycles. The zero-order valence-electron chi connectivity index (χ0n) is 16.9. The van der Waals surface area contributed by atoms with Crippen molar-refractivity contribution in [1.82, 2.24) is 20.4 Å². The molecule has 0 aliphatic rings. The molecule has 0 saturated carbocycles. The van der Waals surface area contributed by atoms with E-state index in [1.165, 1.54) is 16.7 Å². The number of rotatable bonds is 6. The number of hydrogen-bond acceptors (Lipinski definition) is 2. The lowest BCUT2D eigenvalue weighted by Crippen LogP contribution is -2.37. The van der Waals surface area contributed by atoms with Crippen LogP contribution in [0.1, 0.15) is 48.8 Å². The molecule has 5 heteroatoms. The summed E-state index contributed by atoms with van der Waals surface area (Å²) < 4.78 is 1.88. The SMILES string of the molecule is Cc1nn(C)c(C)c1CCNC(=O)NCCc1ccc(C(C)(C)C)cc1. The van der Waals surface area contributed by atoms with Crippen LogP contribution in [0.2, 0.25) is 0 Å². The fourth-order valence-corrected chi connectivity index (χ4v) is 3.03. The van der Waals surface area contributed by atoms with Crippen LogP contribution < -0.4 is 10.6 Å². The van der Waals surface area contributed by atoms with Gasteiger partial charge in [-0.2, -0.15) is 5.10 Å². The molecule has 0 bridgehead atoms. The van der Waals surface area contributed by atoms with E-state index in [0.717, 1.165) is 24.2 Å². The number of urea groups is 1. The van der Waals surface area contributed by atoms with E-state index in [2.05, 4.69) is 67.7 Å². The molecular weight excluding hydrogens is 324 g/mol. The lowest BCUT2D eigenvalue weighted by Gasteiger charge is -2.19. The first kappa shape index (κ1) is 20.0.